The summed E-state index contributed by atoms with van der Waals surface area (Å²) in [7, 11) is 0. The van der Waals surface area contributed by atoms with Crippen LogP contribution in [0.2, 0.25) is 0 Å². The molecular weight excluding hydrogens is 218 g/mol. The van der Waals surface area contributed by atoms with E-state index >= 15 is 0 Å². The standard InChI is InChI=1S/C12H19N3O2/c1-3-7-17-8(2)11-14-9-5-4-6-13-12(16)10(9)15-11/h8H,3-7H2,1-2H3,(H,13,16)(H,14,15)/t8-/m1/s1. The minimum atomic E-state index is -0.0883. The van der Waals surface area contributed by atoms with Gasteiger partial charge in [-0.05, 0) is 26.2 Å². The number of aromatic amines is 1. The third kappa shape index (κ3) is 2.66. The molecule has 1 atom stereocenters. The van der Waals surface area contributed by atoms with Gasteiger partial charge < -0.3 is 15.0 Å². The Labute approximate surface area is 101 Å². The molecule has 94 valence electrons. The van der Waals surface area contributed by atoms with E-state index in [1.165, 1.54) is 0 Å². The minimum absolute atomic E-state index is 0.0808. The van der Waals surface area contributed by atoms with Gasteiger partial charge in [-0.15, -0.1) is 0 Å². The Morgan fingerprint density at radius 1 is 1.53 bits per heavy atom. The number of H-pyrrole nitrogens is 1. The minimum Gasteiger partial charge on any atom is -0.371 e. The average Bonchev–Trinajstić information content (AvgIpc) is 2.68. The van der Waals surface area contributed by atoms with Gasteiger partial charge in [0.25, 0.3) is 5.91 Å². The molecule has 1 aliphatic rings. The number of imidazole rings is 1. The maximum atomic E-state index is 11.7. The number of rotatable bonds is 4. The number of fused-ring (bicyclic) bond motifs is 1. The zero-order chi connectivity index (χ0) is 12.3. The third-order valence-corrected chi connectivity index (χ3v) is 2.86. The SMILES string of the molecule is CCCO[C@H](C)c1nc2c([nH]1)CCCNC2=O. The van der Waals surface area contributed by atoms with E-state index in [0.717, 1.165) is 37.3 Å². The molecule has 0 saturated heterocycles. The summed E-state index contributed by atoms with van der Waals surface area (Å²) in [6.07, 6.45) is 2.70. The predicted octanol–water partition coefficient (Wildman–Crippen LogP) is 1.57. The number of aryl methyl sites for hydroxylation is 1. The first kappa shape index (κ1) is 12.1. The summed E-state index contributed by atoms with van der Waals surface area (Å²) in [5.41, 5.74) is 1.46. The van der Waals surface area contributed by atoms with Crippen LogP contribution in [-0.2, 0) is 11.2 Å². The molecule has 0 radical (unpaired) electrons. The maximum Gasteiger partial charge on any atom is 0.271 e. The maximum absolute atomic E-state index is 11.7. The molecule has 0 spiro atoms. The summed E-state index contributed by atoms with van der Waals surface area (Å²) in [5.74, 6) is 0.670. The number of aromatic nitrogens is 2. The van der Waals surface area contributed by atoms with Crippen molar-refractivity contribution < 1.29 is 9.53 Å². The van der Waals surface area contributed by atoms with Gasteiger partial charge in [-0.1, -0.05) is 6.92 Å². The first-order valence-corrected chi connectivity index (χ1v) is 6.21. The Bertz CT molecular complexity index is 400. The predicted molar refractivity (Wildman–Crippen MR) is 63.9 cm³/mol. The van der Waals surface area contributed by atoms with Gasteiger partial charge in [0.15, 0.2) is 0 Å². The molecule has 1 amide bonds. The van der Waals surface area contributed by atoms with E-state index in [0.29, 0.717) is 12.3 Å². The first-order valence-electron chi connectivity index (χ1n) is 6.21. The number of hydrogen-bond donors (Lipinski definition) is 2. The lowest BCUT2D eigenvalue weighted by Gasteiger charge is -2.09. The van der Waals surface area contributed by atoms with Crippen LogP contribution in [0.15, 0.2) is 0 Å². The van der Waals surface area contributed by atoms with Crippen LogP contribution >= 0.6 is 0 Å². The average molecular weight is 237 g/mol. The molecule has 2 rings (SSSR count). The van der Waals surface area contributed by atoms with E-state index in [4.69, 9.17) is 4.74 Å². The van der Waals surface area contributed by atoms with Crippen LogP contribution in [0.1, 0.15) is 54.8 Å². The summed E-state index contributed by atoms with van der Waals surface area (Å²) in [6.45, 7) is 5.45. The van der Waals surface area contributed by atoms with Gasteiger partial charge >= 0.3 is 0 Å². The van der Waals surface area contributed by atoms with Crippen molar-refractivity contribution in [1.82, 2.24) is 15.3 Å². The Morgan fingerprint density at radius 2 is 2.35 bits per heavy atom. The van der Waals surface area contributed by atoms with Crippen molar-refractivity contribution in [3.05, 3.63) is 17.2 Å². The first-order chi connectivity index (χ1) is 8.22. The Balaban J connectivity index is 2.16. The fourth-order valence-electron chi connectivity index (χ4n) is 1.92. The number of ether oxygens (including phenoxy) is 1. The van der Waals surface area contributed by atoms with E-state index in [1.807, 2.05) is 6.92 Å². The van der Waals surface area contributed by atoms with Crippen molar-refractivity contribution >= 4 is 5.91 Å². The van der Waals surface area contributed by atoms with Crippen molar-refractivity contribution in [1.29, 1.82) is 0 Å². The van der Waals surface area contributed by atoms with Crippen LogP contribution < -0.4 is 5.32 Å². The zero-order valence-electron chi connectivity index (χ0n) is 10.4. The number of amides is 1. The van der Waals surface area contributed by atoms with Crippen molar-refractivity contribution in [3.8, 4) is 0 Å². The van der Waals surface area contributed by atoms with Gasteiger partial charge in [0.05, 0.1) is 0 Å². The lowest BCUT2D eigenvalue weighted by atomic mass is 10.2. The van der Waals surface area contributed by atoms with Gasteiger partial charge in [-0.3, -0.25) is 4.79 Å². The second kappa shape index (κ2) is 5.31. The second-order valence-electron chi connectivity index (χ2n) is 4.32. The molecular formula is C12H19N3O2. The highest BCUT2D eigenvalue weighted by atomic mass is 16.5. The molecule has 0 aromatic carbocycles. The third-order valence-electron chi connectivity index (χ3n) is 2.86. The highest BCUT2D eigenvalue weighted by Crippen LogP contribution is 2.18. The quantitative estimate of drug-likeness (QED) is 0.835. The largest absolute Gasteiger partial charge is 0.371 e. The van der Waals surface area contributed by atoms with Gasteiger partial charge in [-0.2, -0.15) is 0 Å². The van der Waals surface area contributed by atoms with Gasteiger partial charge in [0.1, 0.15) is 17.6 Å². The van der Waals surface area contributed by atoms with E-state index in [1.54, 1.807) is 0 Å². The smallest absolute Gasteiger partial charge is 0.271 e. The van der Waals surface area contributed by atoms with Crippen LogP contribution in [0.25, 0.3) is 0 Å². The normalized spacial score (nSPS) is 17.2. The van der Waals surface area contributed by atoms with Crippen molar-refractivity contribution in [2.45, 2.75) is 39.2 Å². The van der Waals surface area contributed by atoms with Crippen molar-refractivity contribution in [3.63, 3.8) is 0 Å². The highest BCUT2D eigenvalue weighted by molar-refractivity contribution is 5.93. The molecule has 1 aromatic heterocycles. The number of carbonyl (C=O) groups is 1. The van der Waals surface area contributed by atoms with Crippen LogP contribution in [0.4, 0.5) is 0 Å². The molecule has 17 heavy (non-hydrogen) atoms. The molecule has 1 aliphatic heterocycles. The van der Waals surface area contributed by atoms with E-state index in [-0.39, 0.29) is 12.0 Å². The lowest BCUT2D eigenvalue weighted by molar-refractivity contribution is 0.0606. The Hall–Kier alpha value is -1.36. The molecule has 5 nitrogen and oxygen atoms in total. The van der Waals surface area contributed by atoms with E-state index < -0.39 is 0 Å². The molecule has 0 unspecified atom stereocenters. The summed E-state index contributed by atoms with van der Waals surface area (Å²) >= 11 is 0. The fourth-order valence-corrected chi connectivity index (χ4v) is 1.92. The molecule has 0 bridgehead atoms. The molecule has 0 aliphatic carbocycles. The highest BCUT2D eigenvalue weighted by Gasteiger charge is 2.22. The number of nitrogens with one attached hydrogen (secondary N) is 2. The lowest BCUT2D eigenvalue weighted by Crippen LogP contribution is -2.23. The molecule has 5 heteroatoms. The number of carbonyl (C=O) groups excluding carboxylic acids is 1. The molecule has 0 fully saturated rings. The van der Waals surface area contributed by atoms with Gasteiger partial charge in [-0.25, -0.2) is 4.98 Å². The van der Waals surface area contributed by atoms with Gasteiger partial charge in [0, 0.05) is 18.8 Å². The Morgan fingerprint density at radius 3 is 3.12 bits per heavy atom. The Kier molecular flexibility index (Phi) is 3.78. The number of nitrogens with zero attached hydrogens (tertiary/aromatic N) is 1. The summed E-state index contributed by atoms with van der Waals surface area (Å²) in [6, 6.07) is 0. The van der Waals surface area contributed by atoms with Crippen molar-refractivity contribution in [2.24, 2.45) is 0 Å². The topological polar surface area (TPSA) is 67.0 Å². The fraction of sp³-hybridized carbons (Fsp3) is 0.667. The molecule has 2 N–H and O–H groups in total. The van der Waals surface area contributed by atoms with E-state index in [9.17, 15) is 4.79 Å². The molecule has 0 saturated carbocycles. The summed E-state index contributed by atoms with van der Waals surface area (Å²) in [5, 5.41) is 2.83. The second-order valence-corrected chi connectivity index (χ2v) is 4.32. The summed E-state index contributed by atoms with van der Waals surface area (Å²) < 4.78 is 5.60. The van der Waals surface area contributed by atoms with Crippen LogP contribution in [-0.4, -0.2) is 29.0 Å². The zero-order valence-corrected chi connectivity index (χ0v) is 10.4. The molecule has 2 heterocycles. The summed E-state index contributed by atoms with van der Waals surface area (Å²) in [4.78, 5) is 19.3. The van der Waals surface area contributed by atoms with E-state index in [2.05, 4.69) is 22.2 Å². The van der Waals surface area contributed by atoms with Crippen molar-refractivity contribution in [2.75, 3.05) is 13.2 Å². The molecule has 1 aromatic rings. The van der Waals surface area contributed by atoms with Crippen LogP contribution in [0.3, 0.4) is 0 Å². The number of hydrogen-bond acceptors (Lipinski definition) is 3. The van der Waals surface area contributed by atoms with Crippen LogP contribution in [0.5, 0.6) is 0 Å². The monoisotopic (exact) mass is 237 g/mol. The van der Waals surface area contributed by atoms with Gasteiger partial charge in [0.2, 0.25) is 0 Å². The van der Waals surface area contributed by atoms with Crippen LogP contribution in [0, 0.1) is 0 Å².